The Morgan fingerprint density at radius 3 is 2.42 bits per heavy atom. The molecular formula is C13H13BrClFO3. The number of ketones is 1. The van der Waals surface area contributed by atoms with Crippen molar-refractivity contribution in [3.05, 3.63) is 33.5 Å². The molecule has 6 heteroatoms. The van der Waals surface area contributed by atoms with E-state index in [-0.39, 0.29) is 15.6 Å². The van der Waals surface area contributed by atoms with Crippen LogP contribution in [0.3, 0.4) is 0 Å². The van der Waals surface area contributed by atoms with Gasteiger partial charge in [-0.3, -0.25) is 4.79 Å². The van der Waals surface area contributed by atoms with Crippen molar-refractivity contribution in [2.45, 2.75) is 26.4 Å². The van der Waals surface area contributed by atoms with Crippen LogP contribution < -0.4 is 0 Å². The van der Waals surface area contributed by atoms with E-state index < -0.39 is 29.1 Å². The van der Waals surface area contributed by atoms with E-state index in [4.69, 9.17) is 16.3 Å². The van der Waals surface area contributed by atoms with Crippen LogP contribution in [0, 0.1) is 5.82 Å². The molecule has 0 aromatic heterocycles. The number of carbonyl (C=O) groups excluding carboxylic acids is 2. The maximum atomic E-state index is 14.0. The van der Waals surface area contributed by atoms with E-state index in [1.54, 1.807) is 20.8 Å². The highest BCUT2D eigenvalue weighted by Crippen LogP contribution is 2.25. The van der Waals surface area contributed by atoms with E-state index in [9.17, 15) is 14.0 Å². The number of alkyl halides is 1. The Kier molecular flexibility index (Phi) is 5.10. The van der Waals surface area contributed by atoms with Crippen molar-refractivity contribution in [3.63, 3.8) is 0 Å². The fourth-order valence-corrected chi connectivity index (χ4v) is 1.86. The molecule has 0 saturated carbocycles. The number of hydrogen-bond donors (Lipinski definition) is 0. The van der Waals surface area contributed by atoms with Gasteiger partial charge in [-0.05, 0) is 48.8 Å². The summed E-state index contributed by atoms with van der Waals surface area (Å²) in [5.74, 6) is -2.65. The number of halogens is 3. The smallest absolute Gasteiger partial charge is 0.339 e. The Morgan fingerprint density at radius 2 is 1.95 bits per heavy atom. The summed E-state index contributed by atoms with van der Waals surface area (Å²) in [4.78, 5) is 23.6. The van der Waals surface area contributed by atoms with Gasteiger partial charge in [0.2, 0.25) is 0 Å². The summed E-state index contributed by atoms with van der Waals surface area (Å²) in [5.41, 5.74) is -1.21. The van der Waals surface area contributed by atoms with Gasteiger partial charge in [0.25, 0.3) is 0 Å². The average Bonchev–Trinajstić information content (AvgIpc) is 2.29. The largest absolute Gasteiger partial charge is 0.456 e. The van der Waals surface area contributed by atoms with Crippen LogP contribution in [0.2, 0.25) is 0 Å². The predicted octanol–water partition coefficient (Wildman–Crippen LogP) is 3.97. The lowest BCUT2D eigenvalue weighted by atomic mass is 10.0. The Bertz CT molecular complexity index is 523. The molecule has 0 amide bonds. The Hall–Kier alpha value is -0.940. The molecule has 104 valence electrons. The lowest BCUT2D eigenvalue weighted by Gasteiger charge is -2.20. The summed E-state index contributed by atoms with van der Waals surface area (Å²) in [6.07, 6.45) is 0. The molecule has 0 N–H and O–H groups in total. The first-order valence-electron chi connectivity index (χ1n) is 5.48. The van der Waals surface area contributed by atoms with E-state index >= 15 is 0 Å². The summed E-state index contributed by atoms with van der Waals surface area (Å²) in [6.45, 7) is 5.05. The van der Waals surface area contributed by atoms with Crippen molar-refractivity contribution in [2.75, 3.05) is 5.88 Å². The van der Waals surface area contributed by atoms with Gasteiger partial charge in [0, 0.05) is 0 Å². The van der Waals surface area contributed by atoms with Crippen LogP contribution in [0.5, 0.6) is 0 Å². The van der Waals surface area contributed by atoms with Gasteiger partial charge in [-0.1, -0.05) is 0 Å². The molecule has 1 rings (SSSR count). The highest BCUT2D eigenvalue weighted by Gasteiger charge is 2.26. The molecule has 0 atom stereocenters. The Morgan fingerprint density at radius 1 is 1.37 bits per heavy atom. The molecule has 0 heterocycles. The maximum absolute atomic E-state index is 14.0. The Labute approximate surface area is 124 Å². The van der Waals surface area contributed by atoms with Crippen LogP contribution >= 0.6 is 27.5 Å². The predicted molar refractivity (Wildman–Crippen MR) is 74.3 cm³/mol. The molecule has 0 aliphatic carbocycles. The number of esters is 1. The molecule has 1 aromatic rings. The van der Waals surface area contributed by atoms with Crippen LogP contribution in [0.25, 0.3) is 0 Å². The molecule has 19 heavy (non-hydrogen) atoms. The first-order chi connectivity index (χ1) is 8.67. The molecule has 1 aromatic carbocycles. The fourth-order valence-electron chi connectivity index (χ4n) is 1.39. The average molecular weight is 352 g/mol. The highest BCUT2D eigenvalue weighted by atomic mass is 79.9. The van der Waals surface area contributed by atoms with Gasteiger partial charge in [-0.25, -0.2) is 9.18 Å². The maximum Gasteiger partial charge on any atom is 0.339 e. The molecule has 0 aliphatic rings. The molecule has 0 bridgehead atoms. The second-order valence-electron chi connectivity index (χ2n) is 4.84. The zero-order valence-electron chi connectivity index (χ0n) is 10.7. The van der Waals surface area contributed by atoms with Crippen LogP contribution in [-0.2, 0) is 4.74 Å². The van der Waals surface area contributed by atoms with Crippen molar-refractivity contribution < 1.29 is 18.7 Å². The third-order valence-electron chi connectivity index (χ3n) is 2.11. The number of hydrogen-bond acceptors (Lipinski definition) is 3. The molecule has 0 spiro atoms. The van der Waals surface area contributed by atoms with Gasteiger partial charge in [-0.2, -0.15) is 0 Å². The van der Waals surface area contributed by atoms with E-state index in [1.807, 2.05) is 0 Å². The van der Waals surface area contributed by atoms with Gasteiger partial charge in [0.05, 0.1) is 21.5 Å². The summed E-state index contributed by atoms with van der Waals surface area (Å²) in [6, 6.07) is 2.68. The van der Waals surface area contributed by atoms with Crippen molar-refractivity contribution in [1.29, 1.82) is 0 Å². The van der Waals surface area contributed by atoms with Crippen molar-refractivity contribution >= 4 is 39.3 Å². The van der Waals surface area contributed by atoms with E-state index in [2.05, 4.69) is 15.9 Å². The summed E-state index contributed by atoms with van der Waals surface area (Å²) >= 11 is 8.40. The lowest BCUT2D eigenvalue weighted by Crippen LogP contribution is -2.25. The van der Waals surface area contributed by atoms with Crippen molar-refractivity contribution in [1.82, 2.24) is 0 Å². The van der Waals surface area contributed by atoms with E-state index in [1.165, 1.54) is 12.1 Å². The van der Waals surface area contributed by atoms with Gasteiger partial charge >= 0.3 is 5.97 Å². The standard InChI is InChI=1S/C13H13BrClFO3/c1-13(2,3)19-12(18)7-4-5-8(14)11(16)10(7)9(17)6-15/h4-5H,6H2,1-3H3. The number of benzene rings is 1. The molecule has 0 unspecified atom stereocenters. The van der Waals surface area contributed by atoms with Gasteiger partial charge in [0.1, 0.15) is 11.4 Å². The molecular weight excluding hydrogens is 338 g/mol. The first-order valence-corrected chi connectivity index (χ1v) is 6.80. The van der Waals surface area contributed by atoms with Crippen molar-refractivity contribution in [3.8, 4) is 0 Å². The minimum absolute atomic E-state index is 0.0910. The van der Waals surface area contributed by atoms with Gasteiger partial charge in [0.15, 0.2) is 5.78 Å². The third-order valence-corrected chi connectivity index (χ3v) is 2.97. The first kappa shape index (κ1) is 16.1. The zero-order valence-corrected chi connectivity index (χ0v) is 13.1. The summed E-state index contributed by atoms with van der Waals surface area (Å²) in [7, 11) is 0. The lowest BCUT2D eigenvalue weighted by molar-refractivity contribution is 0.00671. The molecule has 0 saturated heterocycles. The SMILES string of the molecule is CC(C)(C)OC(=O)c1ccc(Br)c(F)c1C(=O)CCl. The number of ether oxygens (including phenoxy) is 1. The minimum Gasteiger partial charge on any atom is -0.456 e. The minimum atomic E-state index is -0.811. The Balaban J connectivity index is 3.32. The summed E-state index contributed by atoms with van der Waals surface area (Å²) in [5, 5.41) is 0. The van der Waals surface area contributed by atoms with E-state index in [0.717, 1.165) is 0 Å². The molecule has 0 aliphatic heterocycles. The number of rotatable bonds is 3. The monoisotopic (exact) mass is 350 g/mol. The van der Waals surface area contributed by atoms with Gasteiger partial charge in [-0.15, -0.1) is 11.6 Å². The normalized spacial score (nSPS) is 11.3. The molecule has 3 nitrogen and oxygen atoms in total. The fraction of sp³-hybridized carbons (Fsp3) is 0.385. The molecule has 0 radical (unpaired) electrons. The third kappa shape index (κ3) is 4.01. The second-order valence-corrected chi connectivity index (χ2v) is 5.96. The quantitative estimate of drug-likeness (QED) is 0.470. The van der Waals surface area contributed by atoms with Crippen LogP contribution in [0.15, 0.2) is 16.6 Å². The molecule has 0 fully saturated rings. The highest BCUT2D eigenvalue weighted by molar-refractivity contribution is 9.10. The summed E-state index contributed by atoms with van der Waals surface area (Å²) < 4.78 is 19.2. The number of Topliss-reactive ketones (excluding diaryl/α,β-unsaturated/α-hetero) is 1. The van der Waals surface area contributed by atoms with Crippen LogP contribution in [-0.4, -0.2) is 23.2 Å². The second kappa shape index (κ2) is 6.01. The zero-order chi connectivity index (χ0) is 14.8. The van der Waals surface area contributed by atoms with Gasteiger partial charge < -0.3 is 4.74 Å². The van der Waals surface area contributed by atoms with Crippen LogP contribution in [0.1, 0.15) is 41.5 Å². The van der Waals surface area contributed by atoms with Crippen LogP contribution in [0.4, 0.5) is 4.39 Å². The van der Waals surface area contributed by atoms with Crippen molar-refractivity contribution in [2.24, 2.45) is 0 Å². The number of carbonyl (C=O) groups is 2. The van der Waals surface area contributed by atoms with E-state index in [0.29, 0.717) is 0 Å². The topological polar surface area (TPSA) is 43.4 Å².